The molecule has 4 aromatic rings. The Labute approximate surface area is 201 Å². The number of aromatic nitrogens is 3. The highest BCUT2D eigenvalue weighted by atomic mass is 35.5. The van der Waals surface area contributed by atoms with Gasteiger partial charge in [0.2, 0.25) is 0 Å². The molecule has 0 N–H and O–H groups in total. The van der Waals surface area contributed by atoms with Gasteiger partial charge in [-0.05, 0) is 32.0 Å². The molecule has 1 aliphatic rings. The van der Waals surface area contributed by atoms with E-state index in [-0.39, 0.29) is 5.56 Å². The van der Waals surface area contributed by atoms with Crippen LogP contribution in [0.2, 0.25) is 5.02 Å². The first-order valence-corrected chi connectivity index (χ1v) is 12.9. The Morgan fingerprint density at radius 2 is 2.16 bits per heavy atom. The minimum absolute atomic E-state index is 0.0345. The molecule has 5 rings (SSSR count). The number of rotatable bonds is 4. The lowest BCUT2D eigenvalue weighted by Gasteiger charge is -2.12. The van der Waals surface area contributed by atoms with Gasteiger partial charge >= 0.3 is 0 Å². The molecule has 3 aromatic heterocycles. The molecule has 1 aliphatic heterocycles. The molecule has 0 atom stereocenters. The van der Waals surface area contributed by atoms with Gasteiger partial charge < -0.3 is 9.42 Å². The minimum Gasteiger partial charge on any atom is -0.361 e. The first kappa shape index (κ1) is 21.5. The molecule has 0 fully saturated rings. The van der Waals surface area contributed by atoms with Crippen molar-refractivity contribution in [3.63, 3.8) is 0 Å². The molecule has 10 heteroatoms. The fraction of sp³-hybridized carbons (Fsp3) is 0.227. The third-order valence-corrected chi connectivity index (χ3v) is 8.74. The van der Waals surface area contributed by atoms with E-state index in [4.69, 9.17) is 16.1 Å². The number of thioether (sulfide) groups is 1. The first-order chi connectivity index (χ1) is 15.4. The van der Waals surface area contributed by atoms with Gasteiger partial charge in [-0.25, -0.2) is 0 Å². The molecular formula is C22H20ClN4O2S3+. The van der Waals surface area contributed by atoms with Crippen LogP contribution in [0.25, 0.3) is 11.1 Å². The van der Waals surface area contributed by atoms with Crippen LogP contribution in [0.5, 0.6) is 0 Å². The van der Waals surface area contributed by atoms with Crippen molar-refractivity contribution < 1.29 is 9.09 Å². The van der Waals surface area contributed by atoms with E-state index in [0.29, 0.717) is 18.1 Å². The lowest BCUT2D eigenvalue weighted by atomic mass is 10.3. The number of hydrogen-bond donors (Lipinski definition) is 0. The van der Waals surface area contributed by atoms with Crippen molar-refractivity contribution in [3.05, 3.63) is 76.9 Å². The Kier molecular flexibility index (Phi) is 5.75. The zero-order valence-corrected chi connectivity index (χ0v) is 20.9. The van der Waals surface area contributed by atoms with Gasteiger partial charge in [0, 0.05) is 29.6 Å². The molecule has 0 unspecified atom stereocenters. The summed E-state index contributed by atoms with van der Waals surface area (Å²) in [6.45, 7) is 5.11. The summed E-state index contributed by atoms with van der Waals surface area (Å²) in [5.74, 6) is 0.793. The predicted molar refractivity (Wildman–Crippen MR) is 131 cm³/mol. The molecule has 1 aromatic carbocycles. The van der Waals surface area contributed by atoms with Crippen LogP contribution in [-0.2, 0) is 13.1 Å². The topological polar surface area (TPSA) is 55.2 Å². The molecule has 0 spiro atoms. The van der Waals surface area contributed by atoms with Crippen molar-refractivity contribution in [2.75, 3.05) is 11.9 Å². The Morgan fingerprint density at radius 3 is 2.91 bits per heavy atom. The molecule has 164 valence electrons. The van der Waals surface area contributed by atoms with Crippen molar-refractivity contribution in [3.8, 4) is 0 Å². The van der Waals surface area contributed by atoms with Crippen LogP contribution in [0.1, 0.15) is 23.4 Å². The zero-order chi connectivity index (χ0) is 22.4. The van der Waals surface area contributed by atoms with Gasteiger partial charge in [-0.2, -0.15) is 4.57 Å². The molecule has 0 saturated heterocycles. The second-order valence-corrected chi connectivity index (χ2v) is 10.8. The zero-order valence-electron chi connectivity index (χ0n) is 17.7. The van der Waals surface area contributed by atoms with Crippen LogP contribution in [-0.4, -0.2) is 16.8 Å². The van der Waals surface area contributed by atoms with Crippen molar-refractivity contribution in [2.24, 2.45) is 0 Å². The van der Waals surface area contributed by atoms with Crippen LogP contribution in [0, 0.1) is 6.92 Å². The smallest absolute Gasteiger partial charge is 0.271 e. The summed E-state index contributed by atoms with van der Waals surface area (Å²) in [6, 6.07) is 7.76. The summed E-state index contributed by atoms with van der Waals surface area (Å²) in [7, 11) is 1.99. The van der Waals surface area contributed by atoms with E-state index >= 15 is 0 Å². The second-order valence-electron chi connectivity index (χ2n) is 7.34. The average molecular weight is 504 g/mol. The monoisotopic (exact) mass is 503 g/mol. The van der Waals surface area contributed by atoms with E-state index in [9.17, 15) is 4.79 Å². The summed E-state index contributed by atoms with van der Waals surface area (Å²) in [5, 5.41) is 8.82. The molecular weight excluding hydrogens is 484 g/mol. The summed E-state index contributed by atoms with van der Waals surface area (Å²) < 4.78 is 10.8. The Balaban J connectivity index is 1.61. The van der Waals surface area contributed by atoms with Gasteiger partial charge in [0.05, 0.1) is 17.1 Å². The van der Waals surface area contributed by atoms with Crippen molar-refractivity contribution in [1.82, 2.24) is 9.72 Å². The van der Waals surface area contributed by atoms with Gasteiger partial charge in [-0.3, -0.25) is 9.36 Å². The molecule has 0 amide bonds. The second kappa shape index (κ2) is 8.55. The third-order valence-electron chi connectivity index (χ3n) is 5.19. The average Bonchev–Trinajstić information content (AvgIpc) is 3.51. The number of hydrogen-bond acceptors (Lipinski definition) is 7. The Hall–Kier alpha value is -2.33. The standard InChI is InChI=1S/C22H20ClN4O2S3/c1-4-27-19(11-18-26(7-8-30-18)12-15-9-13(2)29-24-15)32-20(21(27)28)22-25(3)16-6-5-14(23)10-17(16)31-22/h5-11H,4,12H2,1-3H3/q+1. The fourth-order valence-corrected chi connectivity index (χ4v) is 7.22. The lowest BCUT2D eigenvalue weighted by Crippen LogP contribution is -2.36. The molecule has 0 radical (unpaired) electrons. The number of thiazole rings is 2. The number of fused-ring (bicyclic) bond motifs is 1. The number of aryl methyl sites for hydroxylation is 1. The van der Waals surface area contributed by atoms with Crippen LogP contribution in [0.3, 0.4) is 0 Å². The summed E-state index contributed by atoms with van der Waals surface area (Å²) in [6.07, 6.45) is 4.11. The number of anilines is 1. The van der Waals surface area contributed by atoms with Crippen LogP contribution in [0.4, 0.5) is 5.69 Å². The predicted octanol–water partition coefficient (Wildman–Crippen LogP) is 3.41. The highest BCUT2D eigenvalue weighted by Crippen LogP contribution is 2.46. The fourth-order valence-electron chi connectivity index (χ4n) is 3.63. The summed E-state index contributed by atoms with van der Waals surface area (Å²) in [5.41, 5.74) is 1.97. The van der Waals surface area contributed by atoms with Crippen molar-refractivity contribution in [1.29, 1.82) is 0 Å². The molecule has 4 heterocycles. The lowest BCUT2D eigenvalue weighted by molar-refractivity contribution is -0.685. The highest BCUT2D eigenvalue weighted by molar-refractivity contribution is 8.08. The van der Waals surface area contributed by atoms with E-state index in [1.807, 2.05) is 61.3 Å². The Morgan fingerprint density at radius 1 is 1.31 bits per heavy atom. The van der Waals surface area contributed by atoms with Crippen molar-refractivity contribution in [2.45, 2.75) is 31.8 Å². The highest BCUT2D eigenvalue weighted by Gasteiger charge is 2.25. The van der Waals surface area contributed by atoms with Gasteiger partial charge in [0.15, 0.2) is 12.7 Å². The minimum atomic E-state index is 0.0345. The molecule has 0 saturated carbocycles. The van der Waals surface area contributed by atoms with Gasteiger partial charge in [0.25, 0.3) is 10.6 Å². The number of benzene rings is 1. The summed E-state index contributed by atoms with van der Waals surface area (Å²) >= 11 is 10.9. The molecule has 0 aliphatic carbocycles. The maximum absolute atomic E-state index is 13.3. The van der Waals surface area contributed by atoms with Crippen LogP contribution < -0.4 is 24.2 Å². The molecule has 6 nitrogen and oxygen atoms in total. The maximum Gasteiger partial charge on any atom is 0.271 e. The largest absolute Gasteiger partial charge is 0.361 e. The van der Waals surface area contributed by atoms with Crippen LogP contribution in [0.15, 0.2) is 50.1 Å². The molecule has 32 heavy (non-hydrogen) atoms. The van der Waals surface area contributed by atoms with Gasteiger partial charge in [-0.1, -0.05) is 39.9 Å². The Bertz CT molecular complexity index is 1500. The SMILES string of the molecule is CCn1c(=Cc2scc[n+]2Cc2cc(C)on2)sc(=C2Sc3cc(Cl)ccc3N2C)c1=O. The van der Waals surface area contributed by atoms with E-state index < -0.39 is 0 Å². The van der Waals surface area contributed by atoms with Gasteiger partial charge in [0.1, 0.15) is 25.7 Å². The quantitative estimate of drug-likeness (QED) is 0.399. The van der Waals surface area contributed by atoms with Crippen molar-refractivity contribution >= 4 is 62.8 Å². The van der Waals surface area contributed by atoms with Gasteiger partial charge in [-0.15, -0.1) is 11.3 Å². The van der Waals surface area contributed by atoms with E-state index in [0.717, 1.165) is 41.3 Å². The van der Waals surface area contributed by atoms with E-state index in [2.05, 4.69) is 20.7 Å². The first-order valence-electron chi connectivity index (χ1n) is 10.0. The normalized spacial score (nSPS) is 15.6. The molecule has 0 bridgehead atoms. The van der Waals surface area contributed by atoms with Crippen LogP contribution >= 0.6 is 46.0 Å². The number of halogens is 1. The third kappa shape index (κ3) is 3.83. The maximum atomic E-state index is 13.3. The van der Waals surface area contributed by atoms with E-state index in [1.165, 1.54) is 11.3 Å². The van der Waals surface area contributed by atoms with E-state index in [1.54, 1.807) is 23.1 Å². The summed E-state index contributed by atoms with van der Waals surface area (Å²) in [4.78, 5) is 16.5. The number of nitrogens with zero attached hydrogens (tertiary/aromatic N) is 4.